The molecule has 0 radical (unpaired) electrons. The molecule has 0 amide bonds. The summed E-state index contributed by atoms with van der Waals surface area (Å²) < 4.78 is 45.0. The number of thiazole rings is 1. The summed E-state index contributed by atoms with van der Waals surface area (Å²) in [4.78, 5) is 16.1. The van der Waals surface area contributed by atoms with Crippen LogP contribution in [0.4, 0.5) is 13.2 Å². The van der Waals surface area contributed by atoms with E-state index in [-0.39, 0.29) is 13.2 Å². The fourth-order valence-corrected chi connectivity index (χ4v) is 2.96. The van der Waals surface area contributed by atoms with E-state index in [4.69, 9.17) is 4.74 Å². The van der Waals surface area contributed by atoms with Crippen LogP contribution < -0.4 is 10.3 Å². The molecule has 0 aliphatic carbocycles. The number of nitrogens with zero attached hydrogens (tertiary/aromatic N) is 2. The number of pyridine rings is 1. The molecule has 2 heterocycles. The van der Waals surface area contributed by atoms with Gasteiger partial charge in [-0.1, -0.05) is 17.7 Å². The second-order valence-electron chi connectivity index (χ2n) is 5.72. The number of rotatable bonds is 5. The van der Waals surface area contributed by atoms with Gasteiger partial charge in [0.2, 0.25) is 0 Å². The van der Waals surface area contributed by atoms with Gasteiger partial charge in [0.15, 0.2) is 0 Å². The zero-order chi connectivity index (χ0) is 18.7. The minimum Gasteiger partial charge on any atom is -0.486 e. The van der Waals surface area contributed by atoms with Crippen molar-refractivity contribution in [1.82, 2.24) is 9.55 Å². The maximum absolute atomic E-state index is 12.8. The lowest BCUT2D eigenvalue weighted by atomic mass is 10.2. The van der Waals surface area contributed by atoms with Crippen LogP contribution in [0.5, 0.6) is 5.75 Å². The lowest BCUT2D eigenvalue weighted by Gasteiger charge is -2.09. The Morgan fingerprint density at radius 1 is 1.15 bits per heavy atom. The zero-order valence-electron chi connectivity index (χ0n) is 13.8. The van der Waals surface area contributed by atoms with Gasteiger partial charge in [-0.05, 0) is 25.1 Å². The Labute approximate surface area is 151 Å². The first-order valence-corrected chi connectivity index (χ1v) is 8.60. The number of hydrogen-bond acceptors (Lipinski definition) is 4. The van der Waals surface area contributed by atoms with Crippen molar-refractivity contribution < 1.29 is 17.9 Å². The molecule has 2 aromatic heterocycles. The summed E-state index contributed by atoms with van der Waals surface area (Å²) in [7, 11) is 0. The van der Waals surface area contributed by atoms with E-state index < -0.39 is 17.3 Å². The number of halogens is 3. The fourth-order valence-electron chi connectivity index (χ4n) is 2.26. The Bertz CT molecular complexity index is 946. The van der Waals surface area contributed by atoms with Gasteiger partial charge in [-0.2, -0.15) is 13.2 Å². The normalized spacial score (nSPS) is 11.5. The molecule has 0 aliphatic rings. The summed E-state index contributed by atoms with van der Waals surface area (Å²) in [5.41, 5.74) is 0.262. The summed E-state index contributed by atoms with van der Waals surface area (Å²) >= 11 is 1.33. The molecule has 0 fully saturated rings. The molecule has 0 bridgehead atoms. The lowest BCUT2D eigenvalue weighted by molar-refractivity contribution is -0.138. The second-order valence-corrected chi connectivity index (χ2v) is 6.66. The van der Waals surface area contributed by atoms with Crippen LogP contribution in [0.15, 0.2) is 52.8 Å². The molecule has 0 aliphatic heterocycles. The third kappa shape index (κ3) is 4.51. The Morgan fingerprint density at radius 3 is 2.58 bits per heavy atom. The van der Waals surface area contributed by atoms with Gasteiger partial charge in [0, 0.05) is 17.6 Å². The molecule has 0 atom stereocenters. The minimum absolute atomic E-state index is 0.0240. The van der Waals surface area contributed by atoms with Crippen LogP contribution in [0.3, 0.4) is 0 Å². The average Bonchev–Trinajstić information content (AvgIpc) is 3.03. The third-order valence-corrected chi connectivity index (χ3v) is 4.50. The SMILES string of the molecule is Cc1ccc(OCc2nc(Cn3cc(C(F)(F)F)ccc3=O)cs2)cc1. The summed E-state index contributed by atoms with van der Waals surface area (Å²) in [5, 5.41) is 2.39. The van der Waals surface area contributed by atoms with Crippen LogP contribution in [0.25, 0.3) is 0 Å². The number of hydrogen-bond donors (Lipinski definition) is 0. The molecule has 0 spiro atoms. The molecule has 3 aromatic rings. The average molecular weight is 380 g/mol. The number of alkyl halides is 3. The third-order valence-electron chi connectivity index (χ3n) is 3.63. The molecule has 136 valence electrons. The van der Waals surface area contributed by atoms with Crippen molar-refractivity contribution in [2.24, 2.45) is 0 Å². The molecule has 8 heteroatoms. The van der Waals surface area contributed by atoms with E-state index in [0.717, 1.165) is 28.5 Å². The molecule has 4 nitrogen and oxygen atoms in total. The molecule has 0 saturated carbocycles. The van der Waals surface area contributed by atoms with E-state index in [1.54, 1.807) is 5.38 Å². The van der Waals surface area contributed by atoms with E-state index in [0.29, 0.717) is 16.5 Å². The van der Waals surface area contributed by atoms with Crippen LogP contribution in [0.2, 0.25) is 0 Å². The highest BCUT2D eigenvalue weighted by Crippen LogP contribution is 2.28. The Hall–Kier alpha value is -2.61. The van der Waals surface area contributed by atoms with Crippen LogP contribution in [-0.4, -0.2) is 9.55 Å². The van der Waals surface area contributed by atoms with E-state index in [1.807, 2.05) is 31.2 Å². The van der Waals surface area contributed by atoms with Crippen LogP contribution in [-0.2, 0) is 19.3 Å². The maximum Gasteiger partial charge on any atom is 0.417 e. The van der Waals surface area contributed by atoms with Crippen molar-refractivity contribution in [3.05, 3.63) is 80.2 Å². The number of aryl methyl sites for hydroxylation is 1. The molecule has 1 aromatic carbocycles. The quantitative estimate of drug-likeness (QED) is 0.664. The van der Waals surface area contributed by atoms with Gasteiger partial charge in [-0.25, -0.2) is 4.98 Å². The Balaban J connectivity index is 1.68. The van der Waals surface area contributed by atoms with Crippen molar-refractivity contribution in [3.8, 4) is 5.75 Å². The van der Waals surface area contributed by atoms with Crippen LogP contribution in [0.1, 0.15) is 21.8 Å². The second kappa shape index (κ2) is 7.33. The van der Waals surface area contributed by atoms with Crippen molar-refractivity contribution in [1.29, 1.82) is 0 Å². The topological polar surface area (TPSA) is 44.1 Å². The van der Waals surface area contributed by atoms with Crippen molar-refractivity contribution in [3.63, 3.8) is 0 Å². The standard InChI is InChI=1S/C18H15F3N2O2S/c1-12-2-5-15(6-3-12)25-10-16-22-14(11-26-16)9-23-8-13(18(19,20)21)4-7-17(23)24/h2-8,11H,9-10H2,1H3. The number of benzene rings is 1. The first-order chi connectivity index (χ1) is 12.3. The summed E-state index contributed by atoms with van der Waals surface area (Å²) in [6.07, 6.45) is -3.69. The van der Waals surface area contributed by atoms with Gasteiger partial charge < -0.3 is 9.30 Å². The molecular weight excluding hydrogens is 365 g/mol. The minimum atomic E-state index is -4.50. The van der Waals surface area contributed by atoms with E-state index >= 15 is 0 Å². The van der Waals surface area contributed by atoms with E-state index in [9.17, 15) is 18.0 Å². The van der Waals surface area contributed by atoms with Gasteiger partial charge in [0.05, 0.1) is 17.8 Å². The molecular formula is C18H15F3N2O2S. The Morgan fingerprint density at radius 2 is 1.88 bits per heavy atom. The van der Waals surface area contributed by atoms with Crippen molar-refractivity contribution >= 4 is 11.3 Å². The highest BCUT2D eigenvalue weighted by Gasteiger charge is 2.31. The Kier molecular flexibility index (Phi) is 5.13. The summed E-state index contributed by atoms with van der Waals surface area (Å²) in [6.45, 7) is 2.21. The van der Waals surface area contributed by atoms with Gasteiger partial charge in [0.25, 0.3) is 5.56 Å². The van der Waals surface area contributed by atoms with Gasteiger partial charge >= 0.3 is 6.18 Å². The van der Waals surface area contributed by atoms with E-state index in [1.165, 1.54) is 11.3 Å². The molecule has 0 unspecified atom stereocenters. The van der Waals surface area contributed by atoms with E-state index in [2.05, 4.69) is 4.98 Å². The summed E-state index contributed by atoms with van der Waals surface area (Å²) in [5.74, 6) is 0.710. The van der Waals surface area contributed by atoms with Gasteiger partial charge in [-0.3, -0.25) is 4.79 Å². The van der Waals surface area contributed by atoms with Crippen molar-refractivity contribution in [2.45, 2.75) is 26.3 Å². The largest absolute Gasteiger partial charge is 0.486 e. The van der Waals surface area contributed by atoms with Crippen LogP contribution >= 0.6 is 11.3 Å². The zero-order valence-corrected chi connectivity index (χ0v) is 14.6. The fraction of sp³-hybridized carbons (Fsp3) is 0.222. The van der Waals surface area contributed by atoms with Gasteiger partial charge in [0.1, 0.15) is 17.4 Å². The van der Waals surface area contributed by atoms with Crippen LogP contribution in [0, 0.1) is 6.92 Å². The molecule has 3 rings (SSSR count). The summed E-state index contributed by atoms with van der Waals surface area (Å²) in [6, 6.07) is 9.26. The highest BCUT2D eigenvalue weighted by atomic mass is 32.1. The predicted octanol–water partition coefficient (Wildman–Crippen LogP) is 4.26. The van der Waals surface area contributed by atoms with Crippen molar-refractivity contribution in [2.75, 3.05) is 0 Å². The predicted molar refractivity (Wildman–Crippen MR) is 92.4 cm³/mol. The molecule has 26 heavy (non-hydrogen) atoms. The first-order valence-electron chi connectivity index (χ1n) is 7.72. The lowest BCUT2D eigenvalue weighted by Crippen LogP contribution is -2.22. The monoisotopic (exact) mass is 380 g/mol. The smallest absolute Gasteiger partial charge is 0.417 e. The molecule has 0 N–H and O–H groups in total. The molecule has 0 saturated heterocycles. The number of ether oxygens (including phenoxy) is 1. The van der Waals surface area contributed by atoms with Gasteiger partial charge in [-0.15, -0.1) is 11.3 Å². The first kappa shape index (κ1) is 18.2. The maximum atomic E-state index is 12.8. The number of aromatic nitrogens is 2. The highest BCUT2D eigenvalue weighted by molar-refractivity contribution is 7.09.